The molecular weight excluding hydrogens is 196 g/mol. The van der Waals surface area contributed by atoms with Gasteiger partial charge in [-0.15, -0.1) is 0 Å². The van der Waals surface area contributed by atoms with E-state index in [1.54, 1.807) is 0 Å². The van der Waals surface area contributed by atoms with Gasteiger partial charge in [0, 0.05) is 25.2 Å². The van der Waals surface area contributed by atoms with E-state index >= 15 is 0 Å². The Hall–Kier alpha value is -0.860. The average molecular weight is 218 g/mol. The first-order chi connectivity index (χ1) is 7.68. The van der Waals surface area contributed by atoms with E-state index in [9.17, 15) is 0 Å². The van der Waals surface area contributed by atoms with Crippen LogP contribution in [0.25, 0.3) is 0 Å². The highest BCUT2D eigenvalue weighted by atomic mass is 15.2. The van der Waals surface area contributed by atoms with Crippen molar-refractivity contribution in [3.8, 4) is 0 Å². The SMILES string of the molecule is CC1C(N)CCN(Cc2ccccc2)C1C. The van der Waals surface area contributed by atoms with Gasteiger partial charge in [0.25, 0.3) is 0 Å². The maximum atomic E-state index is 6.10. The van der Waals surface area contributed by atoms with Crippen molar-refractivity contribution in [2.24, 2.45) is 11.7 Å². The predicted molar refractivity (Wildman–Crippen MR) is 68.1 cm³/mol. The van der Waals surface area contributed by atoms with Crippen molar-refractivity contribution in [3.63, 3.8) is 0 Å². The van der Waals surface area contributed by atoms with E-state index in [0.29, 0.717) is 18.0 Å². The third-order valence-corrected chi connectivity index (χ3v) is 3.99. The Morgan fingerprint density at radius 2 is 1.94 bits per heavy atom. The van der Waals surface area contributed by atoms with Crippen LogP contribution < -0.4 is 5.73 Å². The summed E-state index contributed by atoms with van der Waals surface area (Å²) >= 11 is 0. The molecule has 1 fully saturated rings. The van der Waals surface area contributed by atoms with Crippen LogP contribution in [0.4, 0.5) is 0 Å². The van der Waals surface area contributed by atoms with Crippen molar-refractivity contribution in [1.29, 1.82) is 0 Å². The second-order valence-electron chi connectivity index (χ2n) is 5.01. The van der Waals surface area contributed by atoms with Crippen LogP contribution in [0, 0.1) is 5.92 Å². The molecule has 2 nitrogen and oxygen atoms in total. The van der Waals surface area contributed by atoms with E-state index in [1.165, 1.54) is 5.56 Å². The summed E-state index contributed by atoms with van der Waals surface area (Å²) in [5, 5.41) is 0. The zero-order chi connectivity index (χ0) is 11.5. The topological polar surface area (TPSA) is 29.3 Å². The minimum atomic E-state index is 0.377. The van der Waals surface area contributed by atoms with Crippen LogP contribution in [0.2, 0.25) is 0 Å². The maximum Gasteiger partial charge on any atom is 0.0236 e. The van der Waals surface area contributed by atoms with E-state index in [4.69, 9.17) is 5.73 Å². The molecule has 0 bridgehead atoms. The Labute approximate surface area is 98.4 Å². The fourth-order valence-corrected chi connectivity index (χ4v) is 2.51. The molecule has 2 rings (SSSR count). The third-order valence-electron chi connectivity index (χ3n) is 3.99. The van der Waals surface area contributed by atoms with Gasteiger partial charge in [-0.3, -0.25) is 4.90 Å². The molecule has 1 aliphatic heterocycles. The lowest BCUT2D eigenvalue weighted by atomic mass is 9.87. The maximum absolute atomic E-state index is 6.10. The van der Waals surface area contributed by atoms with E-state index in [0.717, 1.165) is 19.5 Å². The lowest BCUT2D eigenvalue weighted by molar-refractivity contribution is 0.0910. The van der Waals surface area contributed by atoms with Crippen molar-refractivity contribution < 1.29 is 0 Å². The number of hydrogen-bond acceptors (Lipinski definition) is 2. The Morgan fingerprint density at radius 3 is 2.62 bits per heavy atom. The lowest BCUT2D eigenvalue weighted by Gasteiger charge is -2.41. The molecule has 0 aliphatic carbocycles. The summed E-state index contributed by atoms with van der Waals surface area (Å²) in [5.74, 6) is 0.595. The largest absolute Gasteiger partial charge is 0.327 e. The first kappa shape index (κ1) is 11.6. The van der Waals surface area contributed by atoms with Gasteiger partial charge in [0.2, 0.25) is 0 Å². The van der Waals surface area contributed by atoms with Gasteiger partial charge < -0.3 is 5.73 Å². The highest BCUT2D eigenvalue weighted by molar-refractivity contribution is 5.14. The lowest BCUT2D eigenvalue weighted by Crippen LogP contribution is -2.51. The number of nitrogens with zero attached hydrogens (tertiary/aromatic N) is 1. The quantitative estimate of drug-likeness (QED) is 0.825. The van der Waals surface area contributed by atoms with E-state index in [1.807, 2.05) is 0 Å². The van der Waals surface area contributed by atoms with E-state index in [2.05, 4.69) is 49.1 Å². The fraction of sp³-hybridized carbons (Fsp3) is 0.571. The first-order valence-corrected chi connectivity index (χ1v) is 6.22. The van der Waals surface area contributed by atoms with Crippen molar-refractivity contribution >= 4 is 0 Å². The minimum absolute atomic E-state index is 0.377. The van der Waals surface area contributed by atoms with Gasteiger partial charge in [0.15, 0.2) is 0 Å². The Morgan fingerprint density at radius 1 is 1.25 bits per heavy atom. The summed E-state index contributed by atoms with van der Waals surface area (Å²) in [6.45, 7) is 6.75. The number of hydrogen-bond donors (Lipinski definition) is 1. The van der Waals surface area contributed by atoms with Crippen LogP contribution in [0.3, 0.4) is 0 Å². The van der Waals surface area contributed by atoms with Gasteiger partial charge in [-0.2, -0.15) is 0 Å². The molecule has 0 amide bonds. The molecule has 1 aromatic carbocycles. The van der Waals surface area contributed by atoms with Gasteiger partial charge in [-0.25, -0.2) is 0 Å². The van der Waals surface area contributed by atoms with E-state index in [-0.39, 0.29) is 0 Å². The second kappa shape index (κ2) is 4.98. The van der Waals surface area contributed by atoms with Crippen LogP contribution in [0.5, 0.6) is 0 Å². The van der Waals surface area contributed by atoms with Gasteiger partial charge in [-0.05, 0) is 24.8 Å². The molecule has 0 saturated carbocycles. The summed E-state index contributed by atoms with van der Waals surface area (Å²) < 4.78 is 0. The second-order valence-corrected chi connectivity index (χ2v) is 5.01. The zero-order valence-electron chi connectivity index (χ0n) is 10.3. The Bertz CT molecular complexity index is 323. The minimum Gasteiger partial charge on any atom is -0.327 e. The van der Waals surface area contributed by atoms with Crippen molar-refractivity contribution in [2.45, 2.75) is 38.9 Å². The molecule has 2 N–H and O–H groups in total. The summed E-state index contributed by atoms with van der Waals surface area (Å²) in [4.78, 5) is 2.54. The van der Waals surface area contributed by atoms with Crippen LogP contribution in [-0.2, 0) is 6.54 Å². The number of likely N-dealkylation sites (tertiary alicyclic amines) is 1. The van der Waals surface area contributed by atoms with Crippen LogP contribution in [0.15, 0.2) is 30.3 Å². The molecule has 1 aromatic rings. The van der Waals surface area contributed by atoms with Crippen LogP contribution in [-0.4, -0.2) is 23.5 Å². The molecule has 0 radical (unpaired) electrons. The molecule has 3 atom stereocenters. The van der Waals surface area contributed by atoms with Gasteiger partial charge in [-0.1, -0.05) is 37.3 Å². The molecule has 16 heavy (non-hydrogen) atoms. The zero-order valence-corrected chi connectivity index (χ0v) is 10.3. The van der Waals surface area contributed by atoms with Crippen LogP contribution in [0.1, 0.15) is 25.8 Å². The third kappa shape index (κ3) is 2.45. The summed E-state index contributed by atoms with van der Waals surface area (Å²) in [6.07, 6.45) is 1.12. The molecule has 0 aromatic heterocycles. The van der Waals surface area contributed by atoms with Gasteiger partial charge in [0.05, 0.1) is 0 Å². The molecule has 1 aliphatic rings. The molecule has 1 saturated heterocycles. The van der Waals surface area contributed by atoms with Crippen molar-refractivity contribution in [3.05, 3.63) is 35.9 Å². The Kier molecular flexibility index (Phi) is 3.62. The fourth-order valence-electron chi connectivity index (χ4n) is 2.51. The summed E-state index contributed by atoms with van der Waals surface area (Å²) in [5.41, 5.74) is 7.50. The monoisotopic (exact) mass is 218 g/mol. The van der Waals surface area contributed by atoms with Gasteiger partial charge in [0.1, 0.15) is 0 Å². The summed E-state index contributed by atoms with van der Waals surface area (Å²) in [6, 6.07) is 11.7. The number of rotatable bonds is 2. The van der Waals surface area contributed by atoms with Crippen molar-refractivity contribution in [2.75, 3.05) is 6.54 Å². The van der Waals surface area contributed by atoms with Crippen LogP contribution >= 0.6 is 0 Å². The molecule has 1 heterocycles. The standard InChI is InChI=1S/C14H22N2/c1-11-12(2)16(9-8-14(11)15)10-13-6-4-3-5-7-13/h3-7,11-12,14H,8-10,15H2,1-2H3. The molecule has 0 spiro atoms. The number of nitrogens with two attached hydrogens (primary N) is 1. The number of piperidine rings is 1. The summed E-state index contributed by atoms with van der Waals surface area (Å²) in [7, 11) is 0. The van der Waals surface area contributed by atoms with Crippen molar-refractivity contribution in [1.82, 2.24) is 4.90 Å². The smallest absolute Gasteiger partial charge is 0.0236 e. The molecule has 3 unspecified atom stereocenters. The van der Waals surface area contributed by atoms with Gasteiger partial charge >= 0.3 is 0 Å². The highest BCUT2D eigenvalue weighted by Gasteiger charge is 2.29. The predicted octanol–water partition coefficient (Wildman–Crippen LogP) is 2.24. The van der Waals surface area contributed by atoms with E-state index < -0.39 is 0 Å². The molecule has 88 valence electrons. The number of benzene rings is 1. The first-order valence-electron chi connectivity index (χ1n) is 6.22. The average Bonchev–Trinajstić information content (AvgIpc) is 2.31. The Balaban J connectivity index is 2.00. The molecule has 2 heteroatoms. The highest BCUT2D eigenvalue weighted by Crippen LogP contribution is 2.23. The normalized spacial score (nSPS) is 31.6. The molecular formula is C14H22N2.